The molecule has 1 aromatic carbocycles. The minimum atomic E-state index is -1.19. The molecule has 0 saturated carbocycles. The van der Waals surface area contributed by atoms with Crippen LogP contribution in [-0.2, 0) is 4.79 Å². The summed E-state index contributed by atoms with van der Waals surface area (Å²) in [6, 6.07) is 8.10. The number of Topliss-reactive ketones (excluding diaryl/α,β-unsaturated/α-hetero) is 2. The van der Waals surface area contributed by atoms with Crippen LogP contribution in [0, 0.1) is 11.7 Å². The Balaban J connectivity index is 1.33. The van der Waals surface area contributed by atoms with Crippen LogP contribution < -0.4 is 9.80 Å². The van der Waals surface area contributed by atoms with E-state index >= 15 is 4.39 Å². The number of carbonyl (C=O) groups is 3. The normalized spacial score (nSPS) is 24.7. The lowest BCUT2D eigenvalue weighted by Gasteiger charge is -2.53. The lowest BCUT2D eigenvalue weighted by Crippen LogP contribution is -2.60. The number of anilines is 2. The molecule has 0 radical (unpaired) electrons. The second-order valence-electron chi connectivity index (χ2n) is 8.44. The van der Waals surface area contributed by atoms with Crippen molar-refractivity contribution in [2.75, 3.05) is 42.5 Å². The van der Waals surface area contributed by atoms with Crippen molar-refractivity contribution in [3.05, 3.63) is 53.6 Å². The summed E-state index contributed by atoms with van der Waals surface area (Å²) in [6.07, 6.45) is 1.59. The van der Waals surface area contributed by atoms with Gasteiger partial charge in [-0.1, -0.05) is 6.07 Å². The van der Waals surface area contributed by atoms with Gasteiger partial charge in [-0.3, -0.25) is 24.3 Å². The lowest BCUT2D eigenvalue weighted by atomic mass is 9.89. The van der Waals surface area contributed by atoms with E-state index in [1.807, 2.05) is 21.6 Å². The third kappa shape index (κ3) is 3.76. The van der Waals surface area contributed by atoms with E-state index in [0.717, 1.165) is 0 Å². The fourth-order valence-electron chi connectivity index (χ4n) is 4.74. The average Bonchev–Trinajstić information content (AvgIpc) is 2.80. The Bertz CT molecular complexity index is 1120. The highest BCUT2D eigenvalue weighted by atomic mass is 32.2. The van der Waals surface area contributed by atoms with Gasteiger partial charge in [-0.05, 0) is 31.2 Å². The van der Waals surface area contributed by atoms with Crippen molar-refractivity contribution in [3.63, 3.8) is 0 Å². The van der Waals surface area contributed by atoms with Gasteiger partial charge in [0.15, 0.2) is 11.6 Å². The number of hydrogen-bond donors (Lipinski definition) is 1. The lowest BCUT2D eigenvalue weighted by molar-refractivity contribution is -0.140. The zero-order valence-corrected chi connectivity index (χ0v) is 18.8. The molecule has 0 amide bonds. The van der Waals surface area contributed by atoms with Gasteiger partial charge in [0, 0.05) is 37.9 Å². The number of carbonyl (C=O) groups excluding carboxylic acids is 2. The molecule has 8 nitrogen and oxygen atoms in total. The van der Waals surface area contributed by atoms with Crippen LogP contribution in [0.15, 0.2) is 36.5 Å². The zero-order valence-electron chi connectivity index (χ0n) is 18.0. The molecular formula is C23H23FN4O4S. The fraction of sp³-hybridized carbons (Fsp3) is 0.391. The van der Waals surface area contributed by atoms with Gasteiger partial charge in [-0.15, -0.1) is 11.8 Å². The van der Waals surface area contributed by atoms with Crippen LogP contribution in [-0.4, -0.2) is 76.0 Å². The van der Waals surface area contributed by atoms with Gasteiger partial charge in [-0.2, -0.15) is 0 Å². The Kier molecular flexibility index (Phi) is 5.57. The Morgan fingerprint density at radius 3 is 2.58 bits per heavy atom. The van der Waals surface area contributed by atoms with E-state index in [1.165, 1.54) is 17.8 Å². The van der Waals surface area contributed by atoms with Crippen LogP contribution in [0.2, 0.25) is 0 Å². The molecule has 0 aliphatic carbocycles. The maximum absolute atomic E-state index is 15.1. The Hall–Kier alpha value is -2.98. The van der Waals surface area contributed by atoms with Gasteiger partial charge in [0.25, 0.3) is 0 Å². The second kappa shape index (κ2) is 8.42. The molecule has 3 unspecified atom stereocenters. The predicted molar refractivity (Wildman–Crippen MR) is 122 cm³/mol. The zero-order chi connectivity index (χ0) is 23.3. The van der Waals surface area contributed by atoms with Crippen LogP contribution in [0.25, 0.3) is 0 Å². The molecule has 4 heterocycles. The van der Waals surface area contributed by atoms with Gasteiger partial charge < -0.3 is 14.9 Å². The van der Waals surface area contributed by atoms with E-state index in [-0.39, 0.29) is 23.3 Å². The second-order valence-corrected chi connectivity index (χ2v) is 9.87. The number of rotatable bonds is 5. The van der Waals surface area contributed by atoms with Crippen LogP contribution in [0.5, 0.6) is 0 Å². The molecule has 1 aromatic heterocycles. The van der Waals surface area contributed by atoms with Crippen LogP contribution >= 0.6 is 11.8 Å². The molecule has 0 spiro atoms. The van der Waals surface area contributed by atoms with E-state index in [0.29, 0.717) is 43.2 Å². The van der Waals surface area contributed by atoms with Crippen LogP contribution in [0.3, 0.4) is 0 Å². The van der Waals surface area contributed by atoms with E-state index < -0.39 is 28.9 Å². The van der Waals surface area contributed by atoms with Crippen molar-refractivity contribution in [3.8, 4) is 0 Å². The minimum Gasteiger partial charge on any atom is -0.481 e. The summed E-state index contributed by atoms with van der Waals surface area (Å²) in [5, 5.41) is 9.08. The SMILES string of the molecule is CC1SC2C(C(=O)O)C(=O)c3cc(F)c(N4CCN(CC(=O)c5ccccn5)CC4)cc3N12. The van der Waals surface area contributed by atoms with Gasteiger partial charge in [0.1, 0.15) is 17.4 Å². The van der Waals surface area contributed by atoms with Crippen molar-refractivity contribution in [1.82, 2.24) is 9.88 Å². The molecule has 2 saturated heterocycles. The number of aliphatic carboxylic acids is 1. The molecule has 33 heavy (non-hydrogen) atoms. The first-order valence-electron chi connectivity index (χ1n) is 10.8. The Morgan fingerprint density at radius 2 is 1.94 bits per heavy atom. The fourth-order valence-corrected chi connectivity index (χ4v) is 6.15. The molecule has 5 rings (SSSR count). The molecule has 3 aliphatic heterocycles. The number of halogens is 1. The number of hydrogen-bond acceptors (Lipinski definition) is 8. The van der Waals surface area contributed by atoms with E-state index in [4.69, 9.17) is 0 Å². The van der Waals surface area contributed by atoms with Gasteiger partial charge in [-0.25, -0.2) is 4.39 Å². The molecule has 1 N–H and O–H groups in total. The van der Waals surface area contributed by atoms with Crippen molar-refractivity contribution >= 4 is 40.7 Å². The third-order valence-corrected chi connectivity index (χ3v) is 7.87. The Labute approximate surface area is 194 Å². The summed E-state index contributed by atoms with van der Waals surface area (Å²) in [6.45, 7) is 4.45. The number of fused-ring (bicyclic) bond motifs is 3. The molecule has 3 aliphatic rings. The van der Waals surface area contributed by atoms with Crippen LogP contribution in [0.1, 0.15) is 27.8 Å². The third-order valence-electron chi connectivity index (χ3n) is 6.48. The summed E-state index contributed by atoms with van der Waals surface area (Å²) in [5.74, 6) is -3.50. The summed E-state index contributed by atoms with van der Waals surface area (Å²) in [7, 11) is 0. The molecule has 2 fully saturated rings. The predicted octanol–water partition coefficient (Wildman–Crippen LogP) is 2.35. The topological polar surface area (TPSA) is 94.0 Å². The monoisotopic (exact) mass is 470 g/mol. The number of ketones is 2. The maximum Gasteiger partial charge on any atom is 0.317 e. The van der Waals surface area contributed by atoms with Crippen molar-refractivity contribution in [1.29, 1.82) is 0 Å². The van der Waals surface area contributed by atoms with Crippen LogP contribution in [0.4, 0.5) is 15.8 Å². The summed E-state index contributed by atoms with van der Waals surface area (Å²) in [4.78, 5) is 46.9. The number of carboxylic acids is 1. The van der Waals surface area contributed by atoms with Crippen molar-refractivity contribution in [2.45, 2.75) is 17.7 Å². The van der Waals surface area contributed by atoms with E-state index in [1.54, 1.807) is 30.5 Å². The summed E-state index contributed by atoms with van der Waals surface area (Å²) >= 11 is 1.44. The first-order valence-corrected chi connectivity index (χ1v) is 11.8. The van der Waals surface area contributed by atoms with Gasteiger partial charge in [0.05, 0.1) is 28.7 Å². The first kappa shape index (κ1) is 21.8. The Morgan fingerprint density at radius 1 is 1.18 bits per heavy atom. The average molecular weight is 471 g/mol. The number of carboxylic acid groups (broad SMARTS) is 1. The maximum atomic E-state index is 15.1. The molecular weight excluding hydrogens is 447 g/mol. The summed E-state index contributed by atoms with van der Waals surface area (Å²) in [5.41, 5.74) is 1.56. The van der Waals surface area contributed by atoms with E-state index in [2.05, 4.69) is 4.98 Å². The number of thioether (sulfide) groups is 1. The van der Waals surface area contributed by atoms with E-state index in [9.17, 15) is 19.5 Å². The van der Waals surface area contributed by atoms with Gasteiger partial charge in [0.2, 0.25) is 0 Å². The highest BCUT2D eigenvalue weighted by Crippen LogP contribution is 2.51. The molecule has 172 valence electrons. The molecule has 0 bridgehead atoms. The smallest absolute Gasteiger partial charge is 0.317 e. The number of aromatic nitrogens is 1. The standard InChI is InChI=1S/C23H23FN4O4S/c1-13-28-17-11-18(15(24)10-14(17)21(30)20(23(31)32)22(28)33-13)27-8-6-26(7-9-27)12-19(29)16-4-2-3-5-25-16/h2-5,10-11,13,20,22H,6-9,12H2,1H3,(H,31,32). The van der Waals surface area contributed by atoms with Crippen molar-refractivity contribution in [2.24, 2.45) is 5.92 Å². The highest BCUT2D eigenvalue weighted by molar-refractivity contribution is 8.02. The highest BCUT2D eigenvalue weighted by Gasteiger charge is 2.53. The minimum absolute atomic E-state index is 0.0106. The largest absolute Gasteiger partial charge is 0.481 e. The number of benzene rings is 1. The molecule has 10 heteroatoms. The number of pyridine rings is 1. The van der Waals surface area contributed by atoms with Gasteiger partial charge >= 0.3 is 5.97 Å². The molecule has 3 atom stereocenters. The molecule has 2 aromatic rings. The van der Waals surface area contributed by atoms with Crippen molar-refractivity contribution < 1.29 is 23.9 Å². The quantitative estimate of drug-likeness (QED) is 0.522. The summed E-state index contributed by atoms with van der Waals surface area (Å²) < 4.78 is 15.1. The first-order chi connectivity index (χ1) is 15.8. The number of nitrogens with zero attached hydrogens (tertiary/aromatic N) is 4. The number of piperazine rings is 1.